The lowest BCUT2D eigenvalue weighted by atomic mass is 10.1. The molecule has 0 bridgehead atoms. The van der Waals surface area contributed by atoms with Crippen LogP contribution in [0.1, 0.15) is 70.3 Å². The van der Waals surface area contributed by atoms with Gasteiger partial charge in [0, 0.05) is 12.0 Å². The van der Waals surface area contributed by atoms with Crippen molar-refractivity contribution in [3.8, 4) is 11.5 Å². The van der Waals surface area contributed by atoms with Crippen LogP contribution >= 0.6 is 0 Å². The Morgan fingerprint density at radius 1 is 1.04 bits per heavy atom. The number of rotatable bonds is 13. The number of hydrogen-bond acceptors (Lipinski definition) is 4. The molecule has 0 heterocycles. The van der Waals surface area contributed by atoms with Gasteiger partial charge in [-0.1, -0.05) is 57.9 Å². The second-order valence-corrected chi connectivity index (χ2v) is 6.10. The third kappa shape index (κ3) is 8.57. The van der Waals surface area contributed by atoms with Gasteiger partial charge < -0.3 is 9.47 Å². The van der Waals surface area contributed by atoms with E-state index in [-0.39, 0.29) is 5.91 Å². The van der Waals surface area contributed by atoms with Crippen LogP contribution in [0.4, 0.5) is 0 Å². The zero-order chi connectivity index (χ0) is 18.3. The Hall–Kier alpha value is -2.04. The highest BCUT2D eigenvalue weighted by Crippen LogP contribution is 2.29. The lowest BCUT2D eigenvalue weighted by Crippen LogP contribution is -2.17. The van der Waals surface area contributed by atoms with Gasteiger partial charge in [-0.05, 0) is 18.6 Å². The predicted octanol–water partition coefficient (Wildman–Crippen LogP) is 4.68. The quantitative estimate of drug-likeness (QED) is 0.320. The lowest BCUT2D eigenvalue weighted by molar-refractivity contribution is -0.121. The number of hydrogen-bond donors (Lipinski definition) is 1. The van der Waals surface area contributed by atoms with Crippen LogP contribution in [0.15, 0.2) is 23.3 Å². The first-order chi connectivity index (χ1) is 12.2. The van der Waals surface area contributed by atoms with Gasteiger partial charge in [-0.3, -0.25) is 4.79 Å². The topological polar surface area (TPSA) is 59.9 Å². The van der Waals surface area contributed by atoms with Crippen molar-refractivity contribution >= 4 is 12.1 Å². The molecule has 1 rings (SSSR count). The van der Waals surface area contributed by atoms with Crippen LogP contribution in [0.3, 0.4) is 0 Å². The van der Waals surface area contributed by atoms with E-state index < -0.39 is 0 Å². The van der Waals surface area contributed by atoms with Gasteiger partial charge in [0.1, 0.15) is 0 Å². The number of amides is 1. The summed E-state index contributed by atoms with van der Waals surface area (Å²) in [6.45, 7) is 2.23. The van der Waals surface area contributed by atoms with Gasteiger partial charge in [-0.15, -0.1) is 0 Å². The van der Waals surface area contributed by atoms with Gasteiger partial charge in [-0.2, -0.15) is 5.10 Å². The molecule has 0 aliphatic carbocycles. The molecule has 1 amide bonds. The van der Waals surface area contributed by atoms with E-state index in [0.717, 1.165) is 18.4 Å². The summed E-state index contributed by atoms with van der Waals surface area (Å²) in [6.07, 6.45) is 11.8. The van der Waals surface area contributed by atoms with E-state index >= 15 is 0 Å². The summed E-state index contributed by atoms with van der Waals surface area (Å²) >= 11 is 0. The first kappa shape index (κ1) is 21.0. The number of nitrogens with zero attached hydrogens (tertiary/aromatic N) is 1. The maximum absolute atomic E-state index is 11.8. The predicted molar refractivity (Wildman–Crippen MR) is 103 cm³/mol. The van der Waals surface area contributed by atoms with Crippen LogP contribution in [0, 0.1) is 0 Å². The highest BCUT2D eigenvalue weighted by molar-refractivity contribution is 5.86. The maximum atomic E-state index is 11.8. The number of nitrogens with one attached hydrogen (secondary N) is 1. The van der Waals surface area contributed by atoms with E-state index in [4.69, 9.17) is 9.47 Å². The molecule has 0 spiro atoms. The third-order valence-electron chi connectivity index (χ3n) is 4.08. The highest BCUT2D eigenvalue weighted by Gasteiger charge is 2.07. The lowest BCUT2D eigenvalue weighted by Gasteiger charge is -2.09. The largest absolute Gasteiger partial charge is 0.493 e. The molecule has 1 N–H and O–H groups in total. The molecule has 0 radical (unpaired) electrons. The molecule has 0 saturated carbocycles. The molecule has 1 aromatic rings. The van der Waals surface area contributed by atoms with Crippen molar-refractivity contribution in [3.63, 3.8) is 0 Å². The van der Waals surface area contributed by atoms with E-state index in [1.165, 1.54) is 38.5 Å². The maximum Gasteiger partial charge on any atom is 0.240 e. The molecule has 140 valence electrons. The smallest absolute Gasteiger partial charge is 0.240 e. The fraction of sp³-hybridized carbons (Fsp3) is 0.600. The van der Waals surface area contributed by atoms with Crippen molar-refractivity contribution in [2.45, 2.75) is 64.7 Å². The average molecular weight is 348 g/mol. The number of hydrazone groups is 1. The number of benzene rings is 1. The van der Waals surface area contributed by atoms with Crippen molar-refractivity contribution in [3.05, 3.63) is 23.8 Å². The first-order valence-electron chi connectivity index (χ1n) is 9.25. The fourth-order valence-electron chi connectivity index (χ4n) is 2.66. The molecule has 0 fully saturated rings. The molecule has 0 aliphatic heterocycles. The molecule has 25 heavy (non-hydrogen) atoms. The SMILES string of the molecule is CCCCCCCCCCC(=O)N/N=C/c1cccc(OC)c1OC. The zero-order valence-corrected chi connectivity index (χ0v) is 15.8. The average Bonchev–Trinajstić information content (AvgIpc) is 2.63. The Balaban J connectivity index is 2.25. The van der Waals surface area contributed by atoms with Gasteiger partial charge in [0.15, 0.2) is 11.5 Å². The standard InChI is InChI=1S/C20H32N2O3/c1-4-5-6-7-8-9-10-11-15-19(23)22-21-16-17-13-12-14-18(24-2)20(17)25-3/h12-14,16H,4-11,15H2,1-3H3,(H,22,23)/b21-16+. The molecule has 0 unspecified atom stereocenters. The number of unbranched alkanes of at least 4 members (excludes halogenated alkanes) is 7. The Kier molecular flexibility index (Phi) is 11.2. The second-order valence-electron chi connectivity index (χ2n) is 6.10. The van der Waals surface area contributed by atoms with E-state index in [1.54, 1.807) is 20.4 Å². The summed E-state index contributed by atoms with van der Waals surface area (Å²) < 4.78 is 10.6. The first-order valence-corrected chi connectivity index (χ1v) is 9.25. The third-order valence-corrected chi connectivity index (χ3v) is 4.08. The highest BCUT2D eigenvalue weighted by atomic mass is 16.5. The molecule has 5 nitrogen and oxygen atoms in total. The van der Waals surface area contributed by atoms with E-state index in [0.29, 0.717) is 17.9 Å². The van der Waals surface area contributed by atoms with Crippen molar-refractivity contribution in [2.24, 2.45) is 5.10 Å². The van der Waals surface area contributed by atoms with Crippen LogP contribution in [-0.2, 0) is 4.79 Å². The Morgan fingerprint density at radius 3 is 2.36 bits per heavy atom. The number of para-hydroxylation sites is 1. The molecule has 5 heteroatoms. The monoisotopic (exact) mass is 348 g/mol. The summed E-state index contributed by atoms with van der Waals surface area (Å²) in [5.41, 5.74) is 3.33. The van der Waals surface area contributed by atoms with Crippen LogP contribution in [0.25, 0.3) is 0 Å². The van der Waals surface area contributed by atoms with Crippen LogP contribution in [-0.4, -0.2) is 26.3 Å². The summed E-state index contributed by atoms with van der Waals surface area (Å²) in [7, 11) is 3.17. The molecule has 0 saturated heterocycles. The molecule has 0 aliphatic rings. The van der Waals surface area contributed by atoms with Crippen molar-refractivity contribution in [1.29, 1.82) is 0 Å². The van der Waals surface area contributed by atoms with E-state index in [1.807, 2.05) is 18.2 Å². The van der Waals surface area contributed by atoms with E-state index in [2.05, 4.69) is 17.5 Å². The number of carbonyl (C=O) groups excluding carboxylic acids is 1. The Bertz CT molecular complexity index is 530. The van der Waals surface area contributed by atoms with Gasteiger partial charge in [0.25, 0.3) is 0 Å². The number of carbonyl (C=O) groups is 1. The second kappa shape index (κ2) is 13.3. The van der Waals surface area contributed by atoms with Crippen molar-refractivity contribution in [2.75, 3.05) is 14.2 Å². The van der Waals surface area contributed by atoms with Crippen LogP contribution in [0.2, 0.25) is 0 Å². The molecular weight excluding hydrogens is 316 g/mol. The summed E-state index contributed by atoms with van der Waals surface area (Å²) in [5.74, 6) is 1.19. The van der Waals surface area contributed by atoms with E-state index in [9.17, 15) is 4.79 Å². The van der Waals surface area contributed by atoms with Gasteiger partial charge >= 0.3 is 0 Å². The number of methoxy groups -OCH3 is 2. The zero-order valence-electron chi connectivity index (χ0n) is 15.8. The van der Waals surface area contributed by atoms with Gasteiger partial charge in [0.2, 0.25) is 5.91 Å². The molecule has 0 atom stereocenters. The number of ether oxygens (including phenoxy) is 2. The van der Waals surface area contributed by atoms with Crippen LogP contribution in [0.5, 0.6) is 11.5 Å². The van der Waals surface area contributed by atoms with Gasteiger partial charge in [0.05, 0.1) is 20.4 Å². The molecule has 1 aromatic carbocycles. The minimum absolute atomic E-state index is 0.0518. The Labute approximate surface area is 151 Å². The summed E-state index contributed by atoms with van der Waals surface area (Å²) in [4.78, 5) is 11.8. The fourth-order valence-corrected chi connectivity index (χ4v) is 2.66. The van der Waals surface area contributed by atoms with Gasteiger partial charge in [-0.25, -0.2) is 5.43 Å². The van der Waals surface area contributed by atoms with Crippen LogP contribution < -0.4 is 14.9 Å². The summed E-state index contributed by atoms with van der Waals surface area (Å²) in [6, 6.07) is 5.53. The minimum Gasteiger partial charge on any atom is -0.493 e. The molecular formula is C20H32N2O3. The Morgan fingerprint density at radius 2 is 1.72 bits per heavy atom. The normalized spacial score (nSPS) is 10.8. The van der Waals surface area contributed by atoms with Crippen molar-refractivity contribution < 1.29 is 14.3 Å². The molecule has 0 aromatic heterocycles. The van der Waals surface area contributed by atoms with Crippen molar-refractivity contribution in [1.82, 2.24) is 5.43 Å². The minimum atomic E-state index is -0.0518. The summed E-state index contributed by atoms with van der Waals surface area (Å²) in [5, 5.41) is 4.01.